The van der Waals surface area contributed by atoms with Gasteiger partial charge in [-0.15, -0.1) is 0 Å². The molecule has 0 aromatic heterocycles. The molecule has 1 amide bonds. The Labute approximate surface area is 154 Å². The molecule has 134 valence electrons. The summed E-state index contributed by atoms with van der Waals surface area (Å²) in [5.74, 6) is -1.69. The number of halogens is 2. The topological polar surface area (TPSA) is 88.4 Å². The zero-order valence-corrected chi connectivity index (χ0v) is 14.3. The van der Waals surface area contributed by atoms with E-state index in [1.807, 2.05) is 6.07 Å². The quantitative estimate of drug-likeness (QED) is 0.750. The SMILES string of the molecule is N#CCc1ccc(NC(=O)COC(=O)COc2ccc(F)cc2Cl)cc1. The summed E-state index contributed by atoms with van der Waals surface area (Å²) < 4.78 is 22.8. The molecular weight excluding hydrogens is 363 g/mol. The van der Waals surface area contributed by atoms with Gasteiger partial charge >= 0.3 is 5.97 Å². The van der Waals surface area contributed by atoms with Crippen LogP contribution in [0.25, 0.3) is 0 Å². The fourth-order valence-corrected chi connectivity index (χ4v) is 2.13. The van der Waals surface area contributed by atoms with Crippen molar-refractivity contribution in [3.05, 3.63) is 58.9 Å². The number of carbonyl (C=O) groups is 2. The standard InChI is InChI=1S/C18H14ClFN2O4/c19-15-9-13(20)3-6-16(15)25-11-18(24)26-10-17(23)22-14-4-1-12(2-5-14)7-8-21/h1-6,9H,7,10-11H2,(H,22,23). The van der Waals surface area contributed by atoms with Crippen molar-refractivity contribution >= 4 is 29.2 Å². The number of nitriles is 1. The number of nitrogens with one attached hydrogen (secondary N) is 1. The number of hydrogen-bond acceptors (Lipinski definition) is 5. The van der Waals surface area contributed by atoms with Crippen LogP contribution in [-0.2, 0) is 20.7 Å². The van der Waals surface area contributed by atoms with Gasteiger partial charge in [0.25, 0.3) is 5.91 Å². The third-order valence-corrected chi connectivity index (χ3v) is 3.42. The van der Waals surface area contributed by atoms with Crippen molar-refractivity contribution in [2.24, 2.45) is 0 Å². The molecule has 0 atom stereocenters. The van der Waals surface area contributed by atoms with Crippen molar-refractivity contribution in [2.75, 3.05) is 18.5 Å². The number of ether oxygens (including phenoxy) is 2. The molecule has 0 aliphatic heterocycles. The van der Waals surface area contributed by atoms with Gasteiger partial charge in [0.15, 0.2) is 13.2 Å². The van der Waals surface area contributed by atoms with E-state index >= 15 is 0 Å². The molecule has 2 aromatic rings. The average molecular weight is 377 g/mol. The van der Waals surface area contributed by atoms with E-state index in [1.54, 1.807) is 24.3 Å². The Hall–Kier alpha value is -3.11. The van der Waals surface area contributed by atoms with Crippen LogP contribution in [0.2, 0.25) is 5.02 Å². The summed E-state index contributed by atoms with van der Waals surface area (Å²) >= 11 is 5.76. The van der Waals surface area contributed by atoms with Gasteiger partial charge in [-0.25, -0.2) is 9.18 Å². The maximum Gasteiger partial charge on any atom is 0.344 e. The number of nitrogens with zero attached hydrogens (tertiary/aromatic N) is 1. The normalized spacial score (nSPS) is 9.88. The van der Waals surface area contributed by atoms with Crippen LogP contribution in [0, 0.1) is 17.1 Å². The molecule has 1 N–H and O–H groups in total. The molecule has 0 aliphatic carbocycles. The van der Waals surface area contributed by atoms with E-state index < -0.39 is 30.9 Å². The first kappa shape index (κ1) is 19.2. The van der Waals surface area contributed by atoms with Gasteiger partial charge in [-0.2, -0.15) is 5.26 Å². The number of rotatable bonds is 7. The molecular formula is C18H14ClFN2O4. The molecule has 0 aliphatic rings. The molecule has 8 heteroatoms. The minimum Gasteiger partial charge on any atom is -0.480 e. The molecule has 2 aromatic carbocycles. The van der Waals surface area contributed by atoms with E-state index in [0.29, 0.717) is 5.69 Å². The van der Waals surface area contributed by atoms with Crippen LogP contribution >= 0.6 is 11.6 Å². The smallest absolute Gasteiger partial charge is 0.344 e. The lowest BCUT2D eigenvalue weighted by atomic mass is 10.1. The van der Waals surface area contributed by atoms with Gasteiger partial charge in [-0.1, -0.05) is 23.7 Å². The Kier molecular flexibility index (Phi) is 6.94. The van der Waals surface area contributed by atoms with Gasteiger partial charge < -0.3 is 14.8 Å². The van der Waals surface area contributed by atoms with Crippen molar-refractivity contribution in [1.29, 1.82) is 5.26 Å². The van der Waals surface area contributed by atoms with Gasteiger partial charge in [-0.05, 0) is 35.9 Å². The van der Waals surface area contributed by atoms with Gasteiger partial charge in [0.2, 0.25) is 0 Å². The predicted molar refractivity (Wildman–Crippen MR) is 92.3 cm³/mol. The maximum absolute atomic E-state index is 12.9. The van der Waals surface area contributed by atoms with Crippen LogP contribution in [-0.4, -0.2) is 25.1 Å². The molecule has 0 heterocycles. The Bertz CT molecular complexity index is 834. The van der Waals surface area contributed by atoms with Gasteiger partial charge in [0.05, 0.1) is 17.5 Å². The number of esters is 1. The fraction of sp³-hybridized carbons (Fsp3) is 0.167. The van der Waals surface area contributed by atoms with Crippen molar-refractivity contribution in [2.45, 2.75) is 6.42 Å². The first-order chi connectivity index (χ1) is 12.5. The lowest BCUT2D eigenvalue weighted by molar-refractivity contribution is -0.149. The molecule has 2 rings (SSSR count). The van der Waals surface area contributed by atoms with E-state index in [1.165, 1.54) is 6.07 Å². The molecule has 0 fully saturated rings. The summed E-state index contributed by atoms with van der Waals surface area (Å²) in [7, 11) is 0. The van der Waals surface area contributed by atoms with Crippen molar-refractivity contribution in [1.82, 2.24) is 0 Å². The minimum atomic E-state index is -0.773. The molecule has 0 saturated heterocycles. The zero-order chi connectivity index (χ0) is 18.9. The summed E-state index contributed by atoms with van der Waals surface area (Å²) in [6.45, 7) is -0.958. The Morgan fingerprint density at radius 1 is 1.15 bits per heavy atom. The third kappa shape index (κ3) is 6.07. The van der Waals surface area contributed by atoms with Crippen LogP contribution in [0.15, 0.2) is 42.5 Å². The highest BCUT2D eigenvalue weighted by atomic mass is 35.5. The monoisotopic (exact) mass is 376 g/mol. The molecule has 0 bridgehead atoms. The molecule has 0 unspecified atom stereocenters. The summed E-state index contributed by atoms with van der Waals surface area (Å²) in [4.78, 5) is 23.3. The van der Waals surface area contributed by atoms with Crippen molar-refractivity contribution < 1.29 is 23.5 Å². The van der Waals surface area contributed by atoms with Gasteiger partial charge in [0, 0.05) is 5.69 Å². The highest BCUT2D eigenvalue weighted by Crippen LogP contribution is 2.24. The largest absolute Gasteiger partial charge is 0.480 e. The second-order valence-corrected chi connectivity index (χ2v) is 5.51. The molecule has 0 radical (unpaired) electrons. The average Bonchev–Trinajstić information content (AvgIpc) is 2.61. The summed E-state index contributed by atoms with van der Waals surface area (Å²) in [6.07, 6.45) is 0.282. The third-order valence-electron chi connectivity index (χ3n) is 3.12. The molecule has 0 saturated carbocycles. The predicted octanol–water partition coefficient (Wildman–Crippen LogP) is 3.11. The molecule has 26 heavy (non-hydrogen) atoms. The minimum absolute atomic E-state index is 0.0235. The van der Waals surface area contributed by atoms with Crippen molar-refractivity contribution in [3.8, 4) is 11.8 Å². The lowest BCUT2D eigenvalue weighted by Gasteiger charge is -2.09. The van der Waals surface area contributed by atoms with Crippen LogP contribution < -0.4 is 10.1 Å². The van der Waals surface area contributed by atoms with Gasteiger partial charge in [-0.3, -0.25) is 4.79 Å². The van der Waals surface area contributed by atoms with Crippen LogP contribution in [0.4, 0.5) is 10.1 Å². The Morgan fingerprint density at radius 3 is 2.54 bits per heavy atom. The number of amides is 1. The number of carbonyl (C=O) groups excluding carboxylic acids is 2. The van der Waals surface area contributed by atoms with E-state index in [2.05, 4.69) is 5.32 Å². The zero-order valence-electron chi connectivity index (χ0n) is 13.5. The number of anilines is 1. The molecule has 0 spiro atoms. The van der Waals surface area contributed by atoms with E-state index in [9.17, 15) is 14.0 Å². The Morgan fingerprint density at radius 2 is 1.88 bits per heavy atom. The van der Waals surface area contributed by atoms with Gasteiger partial charge in [0.1, 0.15) is 11.6 Å². The number of benzene rings is 2. The second kappa shape index (κ2) is 9.39. The van der Waals surface area contributed by atoms with E-state index in [-0.39, 0.29) is 17.2 Å². The molecule has 6 nitrogen and oxygen atoms in total. The summed E-state index contributed by atoms with van der Waals surface area (Å²) in [5.41, 5.74) is 1.34. The second-order valence-electron chi connectivity index (χ2n) is 5.10. The van der Waals surface area contributed by atoms with Crippen molar-refractivity contribution in [3.63, 3.8) is 0 Å². The lowest BCUT2D eigenvalue weighted by Crippen LogP contribution is -2.23. The highest BCUT2D eigenvalue weighted by Gasteiger charge is 2.10. The van der Waals surface area contributed by atoms with E-state index in [0.717, 1.165) is 17.7 Å². The van der Waals surface area contributed by atoms with E-state index in [4.69, 9.17) is 26.3 Å². The summed E-state index contributed by atoms with van der Waals surface area (Å²) in [6, 6.07) is 12.2. The van der Waals surface area contributed by atoms with Crippen LogP contribution in [0.5, 0.6) is 5.75 Å². The maximum atomic E-state index is 12.9. The fourth-order valence-electron chi connectivity index (χ4n) is 1.91. The first-order valence-corrected chi connectivity index (χ1v) is 7.85. The summed E-state index contributed by atoms with van der Waals surface area (Å²) in [5, 5.41) is 11.2. The first-order valence-electron chi connectivity index (χ1n) is 7.47. The number of hydrogen-bond donors (Lipinski definition) is 1. The highest BCUT2D eigenvalue weighted by molar-refractivity contribution is 6.32. The van der Waals surface area contributed by atoms with Crippen LogP contribution in [0.3, 0.4) is 0 Å². The van der Waals surface area contributed by atoms with Crippen LogP contribution in [0.1, 0.15) is 5.56 Å². The Balaban J connectivity index is 1.74.